The molecule has 0 radical (unpaired) electrons. The van der Waals surface area contributed by atoms with Gasteiger partial charge in [-0.3, -0.25) is 29.6 Å². The molecule has 1 aromatic heterocycles. The number of hydrogen-bond donors (Lipinski definition) is 13. The van der Waals surface area contributed by atoms with Crippen molar-refractivity contribution in [1.29, 1.82) is 0 Å². The number of aromatic amines is 1. The number of nitrogens with zero attached hydrogens (tertiary/aromatic N) is 3. The fourth-order valence-electron chi connectivity index (χ4n) is 6.68. The van der Waals surface area contributed by atoms with E-state index in [9.17, 15) is 91.2 Å². The highest BCUT2D eigenvalue weighted by Crippen LogP contribution is 2.50. The Balaban J connectivity index is 1.71. The summed E-state index contributed by atoms with van der Waals surface area (Å²) < 4.78 is 133. The Bertz CT molecular complexity index is 2050. The summed E-state index contributed by atoms with van der Waals surface area (Å²) in [6.07, 6.45) is -34.5. The number of nitrogens with one attached hydrogen (secondary N) is 3. The van der Waals surface area contributed by atoms with E-state index in [1.54, 1.807) is 0 Å². The maximum absolute atomic E-state index is 14.9. The lowest BCUT2D eigenvalue weighted by atomic mass is 10.0. The van der Waals surface area contributed by atoms with Crippen molar-refractivity contribution in [2.75, 3.05) is 47.1 Å². The zero-order valence-electron chi connectivity index (χ0n) is 35.3. The van der Waals surface area contributed by atoms with Crippen LogP contribution in [0.1, 0.15) is 34.1 Å². The molecular formula is C37H52F7N6O16P. The van der Waals surface area contributed by atoms with Crippen molar-refractivity contribution >= 4 is 7.75 Å². The summed E-state index contributed by atoms with van der Waals surface area (Å²) in [4.78, 5) is 17.4. The van der Waals surface area contributed by atoms with Crippen LogP contribution in [0.2, 0.25) is 0 Å². The van der Waals surface area contributed by atoms with Gasteiger partial charge in [-0.25, -0.2) is 13.8 Å². The van der Waals surface area contributed by atoms with Crippen LogP contribution in [0.25, 0.3) is 0 Å². The van der Waals surface area contributed by atoms with E-state index in [-0.39, 0.29) is 40.6 Å². The second-order valence-corrected chi connectivity index (χ2v) is 16.8. The minimum absolute atomic E-state index is 0.0317. The maximum atomic E-state index is 14.9. The zero-order chi connectivity index (χ0) is 50.2. The lowest BCUT2D eigenvalue weighted by molar-refractivity contribution is -0.212. The average Bonchev–Trinajstić information content (AvgIpc) is 3.67. The highest BCUT2D eigenvalue weighted by Gasteiger charge is 2.46. The summed E-state index contributed by atoms with van der Waals surface area (Å²) in [6, 6.07) is 4.66. The van der Waals surface area contributed by atoms with Crippen LogP contribution in [0.4, 0.5) is 30.7 Å². The van der Waals surface area contributed by atoms with Gasteiger partial charge in [0.05, 0.1) is 50.1 Å². The molecule has 1 aliphatic heterocycles. The van der Waals surface area contributed by atoms with Gasteiger partial charge in [-0.2, -0.15) is 26.3 Å². The van der Waals surface area contributed by atoms with Gasteiger partial charge in [-0.15, -0.1) is 9.55 Å². The van der Waals surface area contributed by atoms with Gasteiger partial charge in [0.15, 0.2) is 6.29 Å². The number of morpholine rings is 1. The van der Waals surface area contributed by atoms with Crippen molar-refractivity contribution < 1.29 is 105 Å². The molecule has 2 heterocycles. The fourth-order valence-corrected chi connectivity index (χ4v) is 8.44. The Morgan fingerprint density at radius 3 is 1.75 bits per heavy atom. The number of H-pyrrole nitrogens is 1. The minimum Gasteiger partial charge on any atom is -0.394 e. The van der Waals surface area contributed by atoms with Crippen LogP contribution in [0, 0.1) is 5.82 Å². The van der Waals surface area contributed by atoms with E-state index in [0.29, 0.717) is 12.1 Å². The summed E-state index contributed by atoms with van der Waals surface area (Å²) in [6.45, 7) is -3.38. The lowest BCUT2D eigenvalue weighted by Crippen LogP contribution is -2.55. The van der Waals surface area contributed by atoms with E-state index in [1.807, 2.05) is 0 Å². The van der Waals surface area contributed by atoms with E-state index in [0.717, 1.165) is 26.2 Å². The first kappa shape index (κ1) is 56.0. The molecule has 22 nitrogen and oxygen atoms in total. The molecule has 12 atom stereocenters. The standard InChI is InChI=1S/C37H52F7N6O16P/c1-45-32(30(59)28(57)26(55)22(53)15-51)65-67(62,66-33(46-2)31(60)29(58)27(56)23(54)16-52)50-35(61)47-24(48-50)14-49-8-10-64-34(25(49)18-3-5-21(38)6-4-18)63-9-7-17-11-19(36(39,40)41)13-20(12-17)37(42,43)44/h3-6,11-13,22-23,25-34,45-46,51-60H,7-10,14-16H2,1-2H3,(H,47,48,61)/t22-,23-,25?,26-,27-,28+,29+,30-,31-,32?,33?,34?,67?/m1/s1. The summed E-state index contributed by atoms with van der Waals surface area (Å²) in [5.74, 6) is -1.05. The summed E-state index contributed by atoms with van der Waals surface area (Å²) in [5, 5.41) is 110. The molecule has 0 saturated carbocycles. The van der Waals surface area contributed by atoms with Crippen LogP contribution in [0.3, 0.4) is 0 Å². The molecule has 4 unspecified atom stereocenters. The number of hydrogen-bond acceptors (Lipinski definition) is 20. The number of aromatic nitrogens is 3. The molecule has 13 N–H and O–H groups in total. The first-order chi connectivity index (χ1) is 31.3. The summed E-state index contributed by atoms with van der Waals surface area (Å²) in [7, 11) is -3.51. The minimum atomic E-state index is -5.60. The zero-order valence-corrected chi connectivity index (χ0v) is 36.2. The third-order valence-electron chi connectivity index (χ3n) is 10.3. The average molecular weight is 1000 g/mol. The van der Waals surface area contributed by atoms with Gasteiger partial charge < -0.3 is 60.5 Å². The van der Waals surface area contributed by atoms with Crippen molar-refractivity contribution in [3.05, 3.63) is 86.8 Å². The smallest absolute Gasteiger partial charge is 0.394 e. The first-order valence-corrected chi connectivity index (χ1v) is 21.5. The monoisotopic (exact) mass is 1000 g/mol. The number of halogens is 7. The second kappa shape index (κ2) is 23.8. The lowest BCUT2D eigenvalue weighted by Gasteiger charge is -2.40. The van der Waals surface area contributed by atoms with Crippen molar-refractivity contribution in [3.8, 4) is 0 Å². The number of likely N-dealkylation sites (N-methyl/N-ethyl adjacent to an activating group) is 2. The quantitative estimate of drug-likeness (QED) is 0.0259. The molecule has 0 amide bonds. The van der Waals surface area contributed by atoms with E-state index in [2.05, 4.69) is 20.7 Å². The maximum Gasteiger partial charge on any atom is 0.462 e. The molecule has 0 bridgehead atoms. The summed E-state index contributed by atoms with van der Waals surface area (Å²) in [5.41, 5.74) is -4.60. The fraction of sp³-hybridized carbons (Fsp3) is 0.622. The predicted octanol–water partition coefficient (Wildman–Crippen LogP) is -2.14. The number of aliphatic hydroxyl groups is 10. The van der Waals surface area contributed by atoms with Gasteiger partial charge >= 0.3 is 25.8 Å². The molecular weight excluding hydrogens is 948 g/mol. The normalized spacial score (nSPS) is 22.0. The third-order valence-corrected chi connectivity index (χ3v) is 12.0. The topological polar surface area (TPSA) is 334 Å². The molecule has 0 aliphatic carbocycles. The Morgan fingerprint density at radius 2 is 1.30 bits per heavy atom. The van der Waals surface area contributed by atoms with Gasteiger partial charge in [0.1, 0.15) is 72.9 Å². The van der Waals surface area contributed by atoms with Gasteiger partial charge in [-0.05, 0) is 62.0 Å². The van der Waals surface area contributed by atoms with Crippen LogP contribution in [-0.2, 0) is 48.4 Å². The third kappa shape index (κ3) is 14.3. The second-order valence-electron chi connectivity index (χ2n) is 15.0. The van der Waals surface area contributed by atoms with Crippen molar-refractivity contribution in [1.82, 2.24) is 30.1 Å². The van der Waals surface area contributed by atoms with E-state index in [1.165, 1.54) is 17.0 Å². The van der Waals surface area contributed by atoms with Crippen molar-refractivity contribution in [2.45, 2.75) is 98.9 Å². The Morgan fingerprint density at radius 1 is 0.806 bits per heavy atom. The number of aliphatic hydroxyl groups excluding tert-OH is 10. The number of ether oxygens (including phenoxy) is 2. The number of alkyl halides is 6. The highest BCUT2D eigenvalue weighted by molar-refractivity contribution is 7.52. The van der Waals surface area contributed by atoms with Gasteiger partial charge in [0, 0.05) is 6.54 Å². The van der Waals surface area contributed by atoms with Crippen LogP contribution in [0.15, 0.2) is 47.3 Å². The molecule has 4 rings (SSSR count). The molecule has 1 aliphatic rings. The molecule has 67 heavy (non-hydrogen) atoms. The molecule has 30 heteroatoms. The molecule has 380 valence electrons. The Kier molecular flexibility index (Phi) is 19.9. The van der Waals surface area contributed by atoms with E-state index >= 15 is 0 Å². The van der Waals surface area contributed by atoms with E-state index in [4.69, 9.17) is 18.5 Å². The molecule has 0 spiro atoms. The van der Waals surface area contributed by atoms with Crippen LogP contribution in [0.5, 0.6) is 0 Å². The molecule has 1 saturated heterocycles. The van der Waals surface area contributed by atoms with Gasteiger partial charge in [0.2, 0.25) is 0 Å². The molecule has 1 fully saturated rings. The van der Waals surface area contributed by atoms with E-state index < -0.39 is 149 Å². The predicted molar refractivity (Wildman–Crippen MR) is 211 cm³/mol. The molecule has 3 aromatic rings. The SMILES string of the molecule is CNC(OP(=O)(OC(NC)[C@H](O)[C@@H](O)[C@H](O)[C@H](O)CO)n1nc(CN2CCOC(OCCc3cc(C(F)(F)F)cc(C(F)(F)F)c3)C2c2ccc(F)cc2)[nH]c1=O)[C@H](O)[C@@H](O)[C@H](O)[C@H](O)CO. The Labute approximate surface area is 375 Å². The number of benzene rings is 2. The van der Waals surface area contributed by atoms with Crippen LogP contribution >= 0.6 is 7.75 Å². The van der Waals surface area contributed by atoms with Crippen molar-refractivity contribution in [2.24, 2.45) is 0 Å². The summed E-state index contributed by atoms with van der Waals surface area (Å²) >= 11 is 0. The largest absolute Gasteiger partial charge is 0.462 e. The van der Waals surface area contributed by atoms with Crippen LogP contribution < -0.4 is 16.3 Å². The first-order valence-electron chi connectivity index (χ1n) is 20.0. The van der Waals surface area contributed by atoms with Crippen molar-refractivity contribution in [3.63, 3.8) is 0 Å². The molecule has 2 aromatic carbocycles. The highest BCUT2D eigenvalue weighted by atomic mass is 31.2. The number of rotatable bonds is 24. The van der Waals surface area contributed by atoms with Gasteiger partial charge in [-0.1, -0.05) is 12.1 Å². The Hall–Kier alpha value is -3.56. The van der Waals surface area contributed by atoms with Crippen LogP contribution in [-0.4, -0.2) is 185 Å². The van der Waals surface area contributed by atoms with Gasteiger partial charge in [0.25, 0.3) is 0 Å².